The summed E-state index contributed by atoms with van der Waals surface area (Å²) < 4.78 is 76.5. The summed E-state index contributed by atoms with van der Waals surface area (Å²) >= 11 is 0. The first-order valence-corrected chi connectivity index (χ1v) is 10.2. The van der Waals surface area contributed by atoms with Gasteiger partial charge in [-0.3, -0.25) is 10.2 Å². The van der Waals surface area contributed by atoms with Crippen molar-refractivity contribution in [1.29, 1.82) is 0 Å². The van der Waals surface area contributed by atoms with E-state index < -0.39 is 53.4 Å². The molecular weight excluding hydrogens is 475 g/mol. The summed E-state index contributed by atoms with van der Waals surface area (Å²) in [6.45, 7) is -0.799. The largest absolute Gasteiger partial charge is 0.448 e. The molecule has 0 unspecified atom stereocenters. The molecule has 4 rings (SSSR count). The van der Waals surface area contributed by atoms with Crippen LogP contribution in [0.2, 0.25) is 0 Å². The van der Waals surface area contributed by atoms with Crippen molar-refractivity contribution < 1.29 is 41.0 Å². The second-order valence-electron chi connectivity index (χ2n) is 7.67. The van der Waals surface area contributed by atoms with E-state index in [1.165, 1.54) is 7.05 Å². The Hall–Kier alpha value is -3.99. The topological polar surface area (TPSA) is 67.9 Å². The summed E-state index contributed by atoms with van der Waals surface area (Å²) in [6, 6.07) is 15.4. The molecule has 0 radical (unpaired) electrons. The van der Waals surface area contributed by atoms with Crippen LogP contribution in [0.5, 0.6) is 5.75 Å². The number of carbonyl (C=O) groups excluding carboxylic acids is 2. The van der Waals surface area contributed by atoms with Gasteiger partial charge in [0, 0.05) is 13.0 Å². The number of amides is 1. The molecule has 0 bridgehead atoms. The highest BCUT2D eigenvalue weighted by molar-refractivity contribution is 5.79. The lowest BCUT2D eigenvalue weighted by atomic mass is 9.98. The molecule has 0 saturated heterocycles. The molecule has 0 fully saturated rings. The van der Waals surface area contributed by atoms with Gasteiger partial charge in [-0.05, 0) is 22.3 Å². The highest BCUT2D eigenvalue weighted by Gasteiger charge is 2.30. The molecule has 0 spiro atoms. The molecule has 1 aliphatic rings. The number of hydrazine groups is 1. The highest BCUT2D eigenvalue weighted by atomic mass is 19.2. The Bertz CT molecular complexity index is 1240. The Kier molecular flexibility index (Phi) is 6.70. The Morgan fingerprint density at radius 3 is 1.86 bits per heavy atom. The van der Waals surface area contributed by atoms with E-state index in [1.54, 1.807) is 0 Å². The Morgan fingerprint density at radius 1 is 0.829 bits per heavy atom. The van der Waals surface area contributed by atoms with Crippen LogP contribution in [-0.4, -0.2) is 37.3 Å². The summed E-state index contributed by atoms with van der Waals surface area (Å²) in [6.07, 6.45) is -0.932. The molecule has 0 atom stereocenters. The number of rotatable bonds is 6. The van der Waals surface area contributed by atoms with Crippen molar-refractivity contribution in [3.8, 4) is 16.9 Å². The number of likely N-dealkylation sites (N-methyl/N-ethyl adjacent to an activating group) is 1. The predicted octanol–water partition coefficient (Wildman–Crippen LogP) is 4.67. The van der Waals surface area contributed by atoms with Gasteiger partial charge in [-0.15, -0.1) is 0 Å². The number of ether oxygens (including phenoxy) is 2. The third kappa shape index (κ3) is 4.67. The minimum absolute atomic E-state index is 0.0112. The fourth-order valence-electron chi connectivity index (χ4n) is 3.84. The Balaban J connectivity index is 1.34. The SMILES string of the molecule is CN(CC(=O)Oc1c(F)c(F)c(F)c(F)c1F)NC(=O)OCC1c2ccccc2-c2ccccc21. The molecule has 0 saturated carbocycles. The monoisotopic (exact) mass is 492 g/mol. The van der Waals surface area contributed by atoms with Gasteiger partial charge in [-0.25, -0.2) is 23.0 Å². The van der Waals surface area contributed by atoms with Crippen molar-refractivity contribution >= 4 is 12.1 Å². The van der Waals surface area contributed by atoms with Crippen molar-refractivity contribution in [2.75, 3.05) is 20.2 Å². The van der Waals surface area contributed by atoms with Gasteiger partial charge in [0.25, 0.3) is 0 Å². The Morgan fingerprint density at radius 2 is 1.31 bits per heavy atom. The van der Waals surface area contributed by atoms with Gasteiger partial charge in [-0.2, -0.15) is 8.78 Å². The summed E-state index contributed by atoms with van der Waals surface area (Å²) in [5.74, 6) is -14.8. The standard InChI is InChI=1S/C24H17F5N2O4/c1-31(10-17(32)35-23-21(28)19(26)18(25)20(27)22(23)29)30-24(33)34-11-16-14-8-4-2-6-12(14)13-7-3-5-9-15(13)16/h2-9,16H,10-11H2,1H3,(H,30,33). The van der Waals surface area contributed by atoms with Crippen molar-refractivity contribution in [2.24, 2.45) is 0 Å². The van der Waals surface area contributed by atoms with Crippen molar-refractivity contribution in [3.05, 3.63) is 88.7 Å². The zero-order valence-electron chi connectivity index (χ0n) is 18.1. The van der Waals surface area contributed by atoms with Crippen LogP contribution in [0, 0.1) is 29.1 Å². The van der Waals surface area contributed by atoms with Crippen LogP contribution >= 0.6 is 0 Å². The first-order valence-electron chi connectivity index (χ1n) is 10.2. The van der Waals surface area contributed by atoms with Gasteiger partial charge in [0.1, 0.15) is 13.2 Å². The normalized spacial score (nSPS) is 12.3. The van der Waals surface area contributed by atoms with Crippen molar-refractivity contribution in [3.63, 3.8) is 0 Å². The first kappa shape index (κ1) is 24.1. The molecule has 1 N–H and O–H groups in total. The summed E-state index contributed by atoms with van der Waals surface area (Å²) in [4.78, 5) is 24.2. The van der Waals surface area contributed by atoms with Crippen LogP contribution in [0.3, 0.4) is 0 Å². The minimum atomic E-state index is -2.38. The van der Waals surface area contributed by atoms with Crippen LogP contribution in [0.15, 0.2) is 48.5 Å². The van der Waals surface area contributed by atoms with Crippen molar-refractivity contribution in [2.45, 2.75) is 5.92 Å². The number of halogens is 5. The molecule has 6 nitrogen and oxygen atoms in total. The molecule has 3 aromatic carbocycles. The van der Waals surface area contributed by atoms with Crippen LogP contribution < -0.4 is 10.2 Å². The lowest BCUT2D eigenvalue weighted by Crippen LogP contribution is -2.43. The summed E-state index contributed by atoms with van der Waals surface area (Å²) in [5, 5.41) is 0.868. The molecule has 11 heteroatoms. The highest BCUT2D eigenvalue weighted by Crippen LogP contribution is 2.44. The maximum absolute atomic E-state index is 13.7. The Labute approximate surface area is 195 Å². The first-order chi connectivity index (χ1) is 16.7. The molecule has 1 aliphatic carbocycles. The molecular formula is C24H17F5N2O4. The molecule has 3 aromatic rings. The smallest absolute Gasteiger partial charge is 0.421 e. The van der Waals surface area contributed by atoms with E-state index in [2.05, 4.69) is 10.2 Å². The lowest BCUT2D eigenvalue weighted by molar-refractivity contribution is -0.136. The second-order valence-corrected chi connectivity index (χ2v) is 7.67. The van der Waals surface area contributed by atoms with Gasteiger partial charge in [0.05, 0.1) is 0 Å². The molecule has 182 valence electrons. The third-order valence-corrected chi connectivity index (χ3v) is 5.38. The van der Waals surface area contributed by atoms with Crippen LogP contribution in [-0.2, 0) is 9.53 Å². The number of esters is 1. The summed E-state index contributed by atoms with van der Waals surface area (Å²) in [7, 11) is 1.21. The maximum Gasteiger partial charge on any atom is 0.421 e. The number of carbonyl (C=O) groups is 2. The predicted molar refractivity (Wildman–Crippen MR) is 113 cm³/mol. The zero-order chi connectivity index (χ0) is 25.3. The van der Waals surface area contributed by atoms with E-state index in [0.717, 1.165) is 27.3 Å². The zero-order valence-corrected chi connectivity index (χ0v) is 18.1. The fraction of sp³-hybridized carbons (Fsp3) is 0.167. The van der Waals surface area contributed by atoms with Gasteiger partial charge in [0.15, 0.2) is 0 Å². The van der Waals surface area contributed by atoms with Gasteiger partial charge in [-0.1, -0.05) is 48.5 Å². The lowest BCUT2D eigenvalue weighted by Gasteiger charge is -2.19. The molecule has 0 aliphatic heterocycles. The average Bonchev–Trinajstić information content (AvgIpc) is 3.16. The van der Waals surface area contributed by atoms with E-state index in [1.807, 2.05) is 48.5 Å². The third-order valence-electron chi connectivity index (χ3n) is 5.38. The number of benzene rings is 3. The van der Waals surface area contributed by atoms with E-state index in [0.29, 0.717) is 0 Å². The maximum atomic E-state index is 13.7. The second kappa shape index (κ2) is 9.71. The van der Waals surface area contributed by atoms with Crippen LogP contribution in [0.25, 0.3) is 11.1 Å². The average molecular weight is 492 g/mol. The molecule has 0 aromatic heterocycles. The van der Waals surface area contributed by atoms with Gasteiger partial charge >= 0.3 is 12.1 Å². The van der Waals surface area contributed by atoms with Crippen molar-refractivity contribution in [1.82, 2.24) is 10.4 Å². The molecule has 0 heterocycles. The number of nitrogens with one attached hydrogen (secondary N) is 1. The quantitative estimate of drug-likeness (QED) is 0.135. The molecule has 35 heavy (non-hydrogen) atoms. The van der Waals surface area contributed by atoms with Crippen LogP contribution in [0.1, 0.15) is 17.0 Å². The van der Waals surface area contributed by atoms with Crippen LogP contribution in [0.4, 0.5) is 26.7 Å². The molecule has 1 amide bonds. The minimum Gasteiger partial charge on any atom is -0.448 e. The van der Waals surface area contributed by atoms with Gasteiger partial charge in [0.2, 0.25) is 34.8 Å². The number of hydrogen-bond donors (Lipinski definition) is 1. The van der Waals surface area contributed by atoms with E-state index >= 15 is 0 Å². The van der Waals surface area contributed by atoms with E-state index in [9.17, 15) is 31.5 Å². The fourth-order valence-corrected chi connectivity index (χ4v) is 3.84. The number of nitrogens with zero attached hydrogens (tertiary/aromatic N) is 1. The van der Waals surface area contributed by atoms with Gasteiger partial charge < -0.3 is 9.47 Å². The number of hydrogen-bond acceptors (Lipinski definition) is 5. The number of fused-ring (bicyclic) bond motifs is 3. The summed E-state index contributed by atoms with van der Waals surface area (Å²) in [5.41, 5.74) is 6.24. The van der Waals surface area contributed by atoms with E-state index in [4.69, 9.17) is 4.74 Å². The van der Waals surface area contributed by atoms with E-state index in [-0.39, 0.29) is 12.5 Å².